The Morgan fingerprint density at radius 3 is 2.46 bits per heavy atom. The van der Waals surface area contributed by atoms with Crippen LogP contribution in [0.3, 0.4) is 0 Å². The van der Waals surface area contributed by atoms with Crippen molar-refractivity contribution in [3.8, 4) is 5.75 Å². The molecule has 0 amide bonds. The first kappa shape index (κ1) is 17.8. The summed E-state index contributed by atoms with van der Waals surface area (Å²) in [6.45, 7) is 8.73. The number of nitrogens with one attached hydrogen (secondary N) is 1. The Hall–Kier alpha value is -0.990. The molecule has 0 spiro atoms. The van der Waals surface area contributed by atoms with E-state index in [2.05, 4.69) is 50.3 Å². The molecule has 3 atom stereocenters. The number of allylic oxidation sites excluding steroid dienone is 1. The van der Waals surface area contributed by atoms with Crippen molar-refractivity contribution in [2.45, 2.75) is 26.7 Å². The van der Waals surface area contributed by atoms with Crippen molar-refractivity contribution in [3.63, 3.8) is 0 Å². The average Bonchev–Trinajstić information content (AvgIpc) is 2.95. The lowest BCUT2D eigenvalue weighted by Crippen LogP contribution is -3.12. The number of ether oxygens (including phenoxy) is 1. The van der Waals surface area contributed by atoms with Crippen LogP contribution in [-0.4, -0.2) is 26.2 Å². The summed E-state index contributed by atoms with van der Waals surface area (Å²) in [5, 5.41) is 0. The summed E-state index contributed by atoms with van der Waals surface area (Å²) in [5.74, 6) is 6.13. The summed E-state index contributed by atoms with van der Waals surface area (Å²) in [6.07, 6.45) is 7.85. The Morgan fingerprint density at radius 1 is 1.12 bits per heavy atom. The summed E-state index contributed by atoms with van der Waals surface area (Å²) in [4.78, 5) is 1.60. The third kappa shape index (κ3) is 3.23. The zero-order chi connectivity index (χ0) is 15.8. The SMILES string of the molecule is CC[NH+](CC)CCOc1ccccc1/C=C/C1C2CC3C(C2)C13.[Cl-]. The molecule has 1 aromatic carbocycles. The molecule has 0 heterocycles. The van der Waals surface area contributed by atoms with E-state index in [0.717, 1.165) is 48.5 Å². The van der Waals surface area contributed by atoms with Gasteiger partial charge in [0.1, 0.15) is 18.9 Å². The smallest absolute Gasteiger partial charge is 0.137 e. The van der Waals surface area contributed by atoms with E-state index < -0.39 is 0 Å². The highest BCUT2D eigenvalue weighted by Gasteiger charge is 2.67. The lowest BCUT2D eigenvalue weighted by atomic mass is 9.97. The van der Waals surface area contributed by atoms with Crippen LogP contribution in [0.5, 0.6) is 5.75 Å². The van der Waals surface area contributed by atoms with Gasteiger partial charge in [0.2, 0.25) is 0 Å². The molecule has 132 valence electrons. The van der Waals surface area contributed by atoms with Crippen molar-refractivity contribution in [3.05, 3.63) is 35.9 Å². The highest BCUT2D eigenvalue weighted by atomic mass is 35.5. The Labute approximate surface area is 152 Å². The lowest BCUT2D eigenvalue weighted by Gasteiger charge is -2.16. The van der Waals surface area contributed by atoms with Gasteiger partial charge >= 0.3 is 0 Å². The number of hydrogen-bond donors (Lipinski definition) is 1. The van der Waals surface area contributed by atoms with Crippen molar-refractivity contribution in [1.82, 2.24) is 0 Å². The molecule has 4 aliphatic carbocycles. The van der Waals surface area contributed by atoms with E-state index in [1.807, 2.05) is 0 Å². The van der Waals surface area contributed by atoms with Gasteiger partial charge in [-0.15, -0.1) is 0 Å². The Kier molecular flexibility index (Phi) is 5.56. The van der Waals surface area contributed by atoms with E-state index in [1.54, 1.807) is 4.90 Å². The molecule has 2 nitrogen and oxygen atoms in total. The Balaban J connectivity index is 0.00000169. The zero-order valence-electron chi connectivity index (χ0n) is 14.9. The first-order valence-corrected chi connectivity index (χ1v) is 9.55. The third-order valence-corrected chi connectivity index (χ3v) is 6.67. The van der Waals surface area contributed by atoms with Crippen LogP contribution >= 0.6 is 0 Å². The molecule has 0 radical (unpaired) electrons. The van der Waals surface area contributed by atoms with Crippen LogP contribution in [0.25, 0.3) is 6.08 Å². The number of hydrogen-bond acceptors (Lipinski definition) is 1. The van der Waals surface area contributed by atoms with Gasteiger partial charge in [-0.1, -0.05) is 30.4 Å². The standard InChI is InChI=1S/C21H29NO.ClH/c1-3-22(4-2)11-12-23-20-8-6-5-7-15(20)9-10-17-16-13-18-19(14-16)21(17)18;/h5-10,16-19,21H,3-4,11-14H2,1-2H3;1H/b10-9+;. The number of rotatable bonds is 8. The molecule has 1 aromatic rings. The molecule has 1 N–H and O–H groups in total. The molecular formula is C21H30ClNO. The van der Waals surface area contributed by atoms with Crippen molar-refractivity contribution in [1.29, 1.82) is 0 Å². The van der Waals surface area contributed by atoms with Gasteiger partial charge in [-0.25, -0.2) is 0 Å². The normalized spacial score (nSPS) is 32.4. The van der Waals surface area contributed by atoms with Gasteiger partial charge < -0.3 is 22.0 Å². The molecule has 4 bridgehead atoms. The largest absolute Gasteiger partial charge is 1.00 e. The summed E-state index contributed by atoms with van der Waals surface area (Å²) >= 11 is 0. The van der Waals surface area contributed by atoms with Gasteiger partial charge in [-0.05, 0) is 62.3 Å². The monoisotopic (exact) mass is 347 g/mol. The fraction of sp³-hybridized carbons (Fsp3) is 0.619. The minimum atomic E-state index is 0. The van der Waals surface area contributed by atoms with Gasteiger partial charge in [0, 0.05) is 5.56 Å². The Bertz CT molecular complexity index is 569. The van der Waals surface area contributed by atoms with Crippen LogP contribution in [0.15, 0.2) is 30.3 Å². The summed E-state index contributed by atoms with van der Waals surface area (Å²) in [5.41, 5.74) is 1.25. The van der Waals surface area contributed by atoms with Crippen LogP contribution < -0.4 is 22.0 Å². The molecular weight excluding hydrogens is 318 g/mol. The maximum Gasteiger partial charge on any atom is 0.137 e. The Morgan fingerprint density at radius 2 is 1.83 bits per heavy atom. The maximum absolute atomic E-state index is 6.09. The molecule has 4 saturated carbocycles. The van der Waals surface area contributed by atoms with E-state index in [-0.39, 0.29) is 12.4 Å². The summed E-state index contributed by atoms with van der Waals surface area (Å²) in [7, 11) is 0. The van der Waals surface area contributed by atoms with Gasteiger partial charge in [-0.3, -0.25) is 0 Å². The fourth-order valence-electron chi connectivity index (χ4n) is 5.29. The molecule has 0 aromatic heterocycles. The molecule has 4 aliphatic rings. The second kappa shape index (κ2) is 7.49. The van der Waals surface area contributed by atoms with Gasteiger partial charge in [-0.2, -0.15) is 0 Å². The molecule has 5 rings (SSSR count). The van der Waals surface area contributed by atoms with Gasteiger partial charge in [0.25, 0.3) is 0 Å². The molecule has 0 aliphatic heterocycles. The van der Waals surface area contributed by atoms with Crippen LogP contribution in [-0.2, 0) is 0 Å². The number of para-hydroxylation sites is 1. The predicted octanol–water partition coefficient (Wildman–Crippen LogP) is -0.0907. The van der Waals surface area contributed by atoms with E-state index >= 15 is 0 Å². The number of quaternary nitrogens is 1. The average molecular weight is 348 g/mol. The van der Waals surface area contributed by atoms with E-state index in [0.29, 0.717) is 0 Å². The van der Waals surface area contributed by atoms with Crippen molar-refractivity contribution < 1.29 is 22.0 Å². The zero-order valence-corrected chi connectivity index (χ0v) is 15.6. The van der Waals surface area contributed by atoms with Crippen molar-refractivity contribution in [2.24, 2.45) is 29.6 Å². The first-order valence-electron chi connectivity index (χ1n) is 9.55. The topological polar surface area (TPSA) is 13.7 Å². The van der Waals surface area contributed by atoms with Crippen LogP contribution in [0, 0.1) is 29.6 Å². The maximum atomic E-state index is 6.09. The van der Waals surface area contributed by atoms with Crippen LogP contribution in [0.1, 0.15) is 32.3 Å². The highest BCUT2D eigenvalue weighted by Crippen LogP contribution is 2.73. The molecule has 24 heavy (non-hydrogen) atoms. The second-order valence-corrected chi connectivity index (χ2v) is 7.67. The van der Waals surface area contributed by atoms with Crippen molar-refractivity contribution in [2.75, 3.05) is 26.2 Å². The fourth-order valence-corrected chi connectivity index (χ4v) is 5.29. The van der Waals surface area contributed by atoms with Crippen LogP contribution in [0.2, 0.25) is 0 Å². The number of likely N-dealkylation sites (N-methyl/N-ethyl adjacent to an activating group) is 1. The highest BCUT2D eigenvalue weighted by molar-refractivity contribution is 5.57. The third-order valence-electron chi connectivity index (χ3n) is 6.67. The second-order valence-electron chi connectivity index (χ2n) is 7.67. The quantitative estimate of drug-likeness (QED) is 0.694. The lowest BCUT2D eigenvalue weighted by molar-refractivity contribution is -0.896. The molecule has 0 saturated heterocycles. The van der Waals surface area contributed by atoms with Gasteiger partial charge in [0.05, 0.1) is 13.1 Å². The predicted molar refractivity (Wildman–Crippen MR) is 94.6 cm³/mol. The van der Waals surface area contributed by atoms with Crippen LogP contribution in [0.4, 0.5) is 0 Å². The number of halogens is 1. The summed E-state index contributed by atoms with van der Waals surface area (Å²) < 4.78 is 6.09. The first-order chi connectivity index (χ1) is 11.3. The minimum absolute atomic E-state index is 0. The van der Waals surface area contributed by atoms with Crippen molar-refractivity contribution >= 4 is 6.08 Å². The summed E-state index contributed by atoms with van der Waals surface area (Å²) in [6, 6.07) is 8.52. The number of benzene rings is 1. The molecule has 4 fully saturated rings. The van der Waals surface area contributed by atoms with E-state index in [9.17, 15) is 0 Å². The van der Waals surface area contributed by atoms with E-state index in [4.69, 9.17) is 4.74 Å². The van der Waals surface area contributed by atoms with E-state index in [1.165, 1.54) is 31.5 Å². The van der Waals surface area contributed by atoms with Gasteiger partial charge in [0.15, 0.2) is 0 Å². The minimum Gasteiger partial charge on any atom is -1.00 e. The molecule has 3 unspecified atom stereocenters. The molecule has 3 heteroatoms.